The van der Waals surface area contributed by atoms with Crippen LogP contribution < -0.4 is 0 Å². The van der Waals surface area contributed by atoms with Gasteiger partial charge in [-0.2, -0.15) is 0 Å². The summed E-state index contributed by atoms with van der Waals surface area (Å²) < 4.78 is 0. The number of fused-ring (bicyclic) bond motifs is 3. The summed E-state index contributed by atoms with van der Waals surface area (Å²) in [5.74, 6) is 0. The highest BCUT2D eigenvalue weighted by Crippen LogP contribution is 2.56. The normalized spacial score (nSPS) is 27.1. The van der Waals surface area contributed by atoms with E-state index >= 15 is 0 Å². The van der Waals surface area contributed by atoms with Crippen molar-refractivity contribution in [3.05, 3.63) is 40.5 Å². The van der Waals surface area contributed by atoms with E-state index in [4.69, 9.17) is 0 Å². The average molecular weight is 334 g/mol. The SMILES string of the molecule is CN(C)CC1(C2(O)CCCC2)Cc2ccc3c(c21)C=CCC3.Cl. The number of nitrogens with zero attached hydrogens (tertiary/aromatic N) is 1. The molecule has 0 aliphatic heterocycles. The summed E-state index contributed by atoms with van der Waals surface area (Å²) in [6.07, 6.45) is 12.2. The quantitative estimate of drug-likeness (QED) is 0.911. The molecule has 1 unspecified atom stereocenters. The molecule has 0 bridgehead atoms. The van der Waals surface area contributed by atoms with Crippen LogP contribution in [-0.4, -0.2) is 36.2 Å². The van der Waals surface area contributed by atoms with Crippen molar-refractivity contribution in [1.82, 2.24) is 4.90 Å². The Bertz CT molecular complexity index is 631. The fraction of sp³-hybridized carbons (Fsp3) is 0.600. The number of halogens is 1. The number of benzene rings is 1. The third-order valence-electron chi connectivity index (χ3n) is 6.17. The summed E-state index contributed by atoms with van der Waals surface area (Å²) >= 11 is 0. The van der Waals surface area contributed by atoms with Gasteiger partial charge in [-0.05, 0) is 68.5 Å². The van der Waals surface area contributed by atoms with Gasteiger partial charge in [0.1, 0.15) is 0 Å². The molecular weight excluding hydrogens is 306 g/mol. The average Bonchev–Trinajstić information content (AvgIpc) is 2.91. The van der Waals surface area contributed by atoms with Crippen molar-refractivity contribution >= 4 is 18.5 Å². The minimum atomic E-state index is -0.509. The van der Waals surface area contributed by atoms with Crippen molar-refractivity contribution < 1.29 is 5.11 Å². The molecule has 1 aromatic rings. The predicted molar refractivity (Wildman–Crippen MR) is 98.4 cm³/mol. The number of hydrogen-bond donors (Lipinski definition) is 1. The highest BCUT2D eigenvalue weighted by atomic mass is 35.5. The van der Waals surface area contributed by atoms with E-state index in [0.717, 1.165) is 38.6 Å². The fourth-order valence-corrected chi connectivity index (χ4v) is 5.23. The van der Waals surface area contributed by atoms with Crippen molar-refractivity contribution in [1.29, 1.82) is 0 Å². The smallest absolute Gasteiger partial charge is 0.0759 e. The maximum Gasteiger partial charge on any atom is 0.0759 e. The number of aryl methyl sites for hydroxylation is 1. The first kappa shape index (κ1) is 17.0. The van der Waals surface area contributed by atoms with Crippen LogP contribution in [0.1, 0.15) is 54.4 Å². The maximum absolute atomic E-state index is 11.5. The Labute approximate surface area is 146 Å². The van der Waals surface area contributed by atoms with Gasteiger partial charge in [0, 0.05) is 12.0 Å². The Morgan fingerprint density at radius 2 is 1.83 bits per heavy atom. The Morgan fingerprint density at radius 3 is 2.52 bits per heavy atom. The van der Waals surface area contributed by atoms with E-state index in [9.17, 15) is 5.11 Å². The molecule has 23 heavy (non-hydrogen) atoms. The molecule has 0 spiro atoms. The first-order valence-electron chi connectivity index (χ1n) is 8.75. The maximum atomic E-state index is 11.5. The van der Waals surface area contributed by atoms with E-state index in [1.165, 1.54) is 35.1 Å². The summed E-state index contributed by atoms with van der Waals surface area (Å²) in [6.45, 7) is 0.959. The fourth-order valence-electron chi connectivity index (χ4n) is 5.23. The number of allylic oxidation sites excluding steroid dienone is 1. The summed E-state index contributed by atoms with van der Waals surface area (Å²) in [5.41, 5.74) is 5.27. The highest BCUT2D eigenvalue weighted by molar-refractivity contribution is 5.85. The van der Waals surface area contributed by atoms with Crippen molar-refractivity contribution in [2.45, 2.75) is 56.0 Å². The van der Waals surface area contributed by atoms with Gasteiger partial charge in [0.15, 0.2) is 0 Å². The third kappa shape index (κ3) is 2.38. The van der Waals surface area contributed by atoms with Crippen LogP contribution in [0.3, 0.4) is 0 Å². The van der Waals surface area contributed by atoms with E-state index in [0.29, 0.717) is 0 Å². The van der Waals surface area contributed by atoms with Crippen LogP contribution in [0.2, 0.25) is 0 Å². The molecule has 0 saturated heterocycles. The molecule has 1 fully saturated rings. The van der Waals surface area contributed by atoms with E-state index in [-0.39, 0.29) is 17.8 Å². The molecule has 1 N–H and O–H groups in total. The van der Waals surface area contributed by atoms with Crippen molar-refractivity contribution in [2.75, 3.05) is 20.6 Å². The van der Waals surface area contributed by atoms with Crippen LogP contribution >= 0.6 is 12.4 Å². The molecule has 126 valence electrons. The van der Waals surface area contributed by atoms with Gasteiger partial charge >= 0.3 is 0 Å². The minimum absolute atomic E-state index is 0. The molecule has 2 nitrogen and oxygen atoms in total. The number of hydrogen-bond acceptors (Lipinski definition) is 2. The molecule has 3 aliphatic rings. The van der Waals surface area contributed by atoms with E-state index < -0.39 is 5.60 Å². The lowest BCUT2D eigenvalue weighted by Gasteiger charge is -2.55. The van der Waals surface area contributed by atoms with Crippen LogP contribution in [0.15, 0.2) is 18.2 Å². The Balaban J connectivity index is 0.00000156. The van der Waals surface area contributed by atoms with Gasteiger partial charge in [-0.1, -0.05) is 37.1 Å². The zero-order valence-corrected chi connectivity index (χ0v) is 15.1. The van der Waals surface area contributed by atoms with Crippen molar-refractivity contribution in [3.63, 3.8) is 0 Å². The zero-order valence-electron chi connectivity index (χ0n) is 14.3. The number of aliphatic hydroxyl groups is 1. The largest absolute Gasteiger partial charge is 0.389 e. The van der Waals surface area contributed by atoms with Crippen LogP contribution in [-0.2, 0) is 18.3 Å². The number of rotatable bonds is 3. The second-order valence-corrected chi connectivity index (χ2v) is 7.85. The molecule has 0 heterocycles. The molecule has 0 amide bonds. The van der Waals surface area contributed by atoms with Gasteiger partial charge in [-0.15, -0.1) is 12.4 Å². The summed E-state index contributed by atoms with van der Waals surface area (Å²) in [6, 6.07) is 4.63. The van der Waals surface area contributed by atoms with Crippen molar-refractivity contribution in [2.24, 2.45) is 0 Å². The molecule has 1 aromatic carbocycles. The lowest BCUT2D eigenvalue weighted by atomic mass is 9.52. The summed E-state index contributed by atoms with van der Waals surface area (Å²) in [4.78, 5) is 2.27. The number of likely N-dealkylation sites (N-methyl/N-ethyl adjacent to an activating group) is 1. The molecule has 1 atom stereocenters. The third-order valence-corrected chi connectivity index (χ3v) is 6.17. The van der Waals surface area contributed by atoms with Crippen LogP contribution in [0.25, 0.3) is 6.08 Å². The summed E-state index contributed by atoms with van der Waals surface area (Å²) in [7, 11) is 4.28. The zero-order chi connectivity index (χ0) is 15.4. The van der Waals surface area contributed by atoms with Crippen LogP contribution in [0.5, 0.6) is 0 Å². The Kier molecular flexibility index (Phi) is 4.37. The van der Waals surface area contributed by atoms with Crippen molar-refractivity contribution in [3.8, 4) is 0 Å². The first-order chi connectivity index (χ1) is 10.6. The second-order valence-electron chi connectivity index (χ2n) is 7.85. The van der Waals surface area contributed by atoms with Gasteiger partial charge in [0.2, 0.25) is 0 Å². The van der Waals surface area contributed by atoms with Gasteiger partial charge in [0.25, 0.3) is 0 Å². The van der Waals surface area contributed by atoms with E-state index in [1.807, 2.05) is 0 Å². The second kappa shape index (κ2) is 5.91. The van der Waals surface area contributed by atoms with E-state index in [1.54, 1.807) is 0 Å². The molecular formula is C20H28ClNO. The van der Waals surface area contributed by atoms with Gasteiger partial charge in [0.05, 0.1) is 5.60 Å². The van der Waals surface area contributed by atoms with Gasteiger partial charge in [-0.25, -0.2) is 0 Å². The predicted octanol–water partition coefficient (Wildman–Crippen LogP) is 3.73. The standard InChI is InChI=1S/C20H27NO.ClH/c1-21(2)14-19(20(22)11-5-6-12-20)13-16-10-9-15-7-3-4-8-17(15)18(16)19;/h4,8-10,22H,3,5-7,11-14H2,1-2H3;1H. The first-order valence-corrected chi connectivity index (χ1v) is 8.75. The minimum Gasteiger partial charge on any atom is -0.389 e. The Morgan fingerprint density at radius 1 is 1.13 bits per heavy atom. The molecule has 0 radical (unpaired) electrons. The van der Waals surface area contributed by atoms with Gasteiger partial charge < -0.3 is 10.0 Å². The van der Waals surface area contributed by atoms with Crippen LogP contribution in [0.4, 0.5) is 0 Å². The molecule has 0 aromatic heterocycles. The van der Waals surface area contributed by atoms with E-state index in [2.05, 4.69) is 43.3 Å². The lowest BCUT2D eigenvalue weighted by molar-refractivity contribution is -0.0564. The summed E-state index contributed by atoms with van der Waals surface area (Å²) in [5, 5.41) is 11.5. The Hall–Kier alpha value is -0.830. The van der Waals surface area contributed by atoms with Crippen LogP contribution in [0, 0.1) is 0 Å². The monoisotopic (exact) mass is 333 g/mol. The molecule has 3 aliphatic carbocycles. The molecule has 1 saturated carbocycles. The molecule has 4 rings (SSSR count). The molecule has 3 heteroatoms. The highest BCUT2D eigenvalue weighted by Gasteiger charge is 2.59. The lowest BCUT2D eigenvalue weighted by Crippen LogP contribution is -2.62. The van der Waals surface area contributed by atoms with Gasteiger partial charge in [-0.3, -0.25) is 0 Å². The topological polar surface area (TPSA) is 23.5 Å².